The van der Waals surface area contributed by atoms with Gasteiger partial charge in [-0.3, -0.25) is 14.6 Å². The molecule has 3 aromatic heterocycles. The van der Waals surface area contributed by atoms with Crippen molar-refractivity contribution in [3.8, 4) is 5.95 Å². The van der Waals surface area contributed by atoms with Crippen molar-refractivity contribution in [2.75, 3.05) is 13.1 Å². The van der Waals surface area contributed by atoms with Gasteiger partial charge < -0.3 is 4.90 Å². The molecule has 0 bridgehead atoms. The Morgan fingerprint density at radius 1 is 1.19 bits per heavy atom. The fourth-order valence-corrected chi connectivity index (χ4v) is 4.60. The molecule has 0 atom stereocenters. The minimum absolute atomic E-state index is 0.00467. The Kier molecular flexibility index (Phi) is 3.66. The van der Waals surface area contributed by atoms with Crippen LogP contribution in [0.3, 0.4) is 0 Å². The quantitative estimate of drug-likeness (QED) is 0.768. The number of likely N-dealkylation sites (tertiary alicyclic amines) is 1. The number of rotatable bonds is 3. The van der Waals surface area contributed by atoms with Crippen LogP contribution < -0.4 is 5.56 Å². The number of carbonyl (C=O) groups excluding carboxylic acids is 1. The lowest BCUT2D eigenvalue weighted by atomic mass is 9.92. The number of hydrogen-bond acceptors (Lipinski definition) is 5. The first kappa shape index (κ1) is 15.7. The number of piperidine rings is 1. The number of carbonyl (C=O) groups is 1. The lowest BCUT2D eigenvalue weighted by molar-refractivity contribution is 0.0680. The molecule has 1 aliphatic carbocycles. The maximum atomic E-state index is 12.8. The van der Waals surface area contributed by atoms with Crippen LogP contribution in [-0.2, 0) is 0 Å². The summed E-state index contributed by atoms with van der Waals surface area (Å²) < 4.78 is 1.46. The first-order chi connectivity index (χ1) is 12.7. The summed E-state index contributed by atoms with van der Waals surface area (Å²) in [5, 5.41) is 6.63. The van der Waals surface area contributed by atoms with Crippen molar-refractivity contribution in [1.82, 2.24) is 24.6 Å². The van der Waals surface area contributed by atoms with Crippen molar-refractivity contribution in [3.63, 3.8) is 0 Å². The van der Waals surface area contributed by atoms with Crippen LogP contribution >= 0.6 is 11.3 Å². The smallest absolute Gasteiger partial charge is 0.261 e. The third kappa shape index (κ3) is 2.74. The Balaban J connectivity index is 1.35. The highest BCUT2D eigenvalue weighted by atomic mass is 32.1. The van der Waals surface area contributed by atoms with Crippen LogP contribution in [0.25, 0.3) is 16.2 Å². The number of aromatic nitrogens is 4. The van der Waals surface area contributed by atoms with Gasteiger partial charge in [0.05, 0.1) is 17.1 Å². The molecule has 2 aliphatic rings. The van der Waals surface area contributed by atoms with E-state index in [1.165, 1.54) is 28.9 Å². The van der Waals surface area contributed by atoms with Crippen molar-refractivity contribution in [3.05, 3.63) is 39.8 Å². The molecule has 1 saturated heterocycles. The van der Waals surface area contributed by atoms with Crippen molar-refractivity contribution < 1.29 is 4.79 Å². The third-order valence-electron chi connectivity index (χ3n) is 5.48. The summed E-state index contributed by atoms with van der Waals surface area (Å²) in [6.07, 6.45) is 8.14. The minimum Gasteiger partial charge on any atom is -0.339 e. The maximum Gasteiger partial charge on any atom is 0.261 e. The molecule has 0 spiro atoms. The molecule has 5 rings (SSSR count). The maximum absolute atomic E-state index is 12.8. The van der Waals surface area contributed by atoms with E-state index in [9.17, 15) is 9.59 Å². The summed E-state index contributed by atoms with van der Waals surface area (Å²) in [5.41, 5.74) is 0.334. The average Bonchev–Trinajstić information content (AvgIpc) is 3.18. The largest absolute Gasteiger partial charge is 0.339 e. The van der Waals surface area contributed by atoms with E-state index in [1.54, 1.807) is 18.5 Å². The van der Waals surface area contributed by atoms with Crippen LogP contribution in [0.1, 0.15) is 36.0 Å². The molecule has 1 amide bonds. The fraction of sp³-hybridized carbons (Fsp3) is 0.444. The minimum atomic E-state index is -0.197. The number of nitrogens with zero attached hydrogens (tertiary/aromatic N) is 4. The zero-order chi connectivity index (χ0) is 17.7. The summed E-state index contributed by atoms with van der Waals surface area (Å²) >= 11 is 1.41. The predicted molar refractivity (Wildman–Crippen MR) is 98.7 cm³/mol. The number of thiophene rings is 1. The number of aromatic amines is 1. The van der Waals surface area contributed by atoms with Gasteiger partial charge in [-0.2, -0.15) is 5.10 Å². The van der Waals surface area contributed by atoms with Crippen LogP contribution in [0.5, 0.6) is 0 Å². The first-order valence-corrected chi connectivity index (χ1v) is 9.89. The van der Waals surface area contributed by atoms with E-state index in [2.05, 4.69) is 15.1 Å². The van der Waals surface area contributed by atoms with Crippen LogP contribution in [-0.4, -0.2) is 43.6 Å². The second kappa shape index (κ2) is 6.05. The van der Waals surface area contributed by atoms with E-state index in [-0.39, 0.29) is 11.5 Å². The summed E-state index contributed by atoms with van der Waals surface area (Å²) in [7, 11) is 0. The number of fused-ring (bicyclic) bond motifs is 1. The molecule has 4 heterocycles. The topological polar surface area (TPSA) is 83.9 Å². The van der Waals surface area contributed by atoms with Crippen LogP contribution in [0.15, 0.2) is 28.6 Å². The second-order valence-corrected chi connectivity index (χ2v) is 8.06. The molecule has 2 fully saturated rings. The van der Waals surface area contributed by atoms with Crippen molar-refractivity contribution in [2.45, 2.75) is 25.7 Å². The molecule has 0 unspecified atom stereocenters. The summed E-state index contributed by atoms with van der Waals surface area (Å²) in [4.78, 5) is 34.6. The molecule has 7 nitrogen and oxygen atoms in total. The first-order valence-electron chi connectivity index (χ1n) is 9.01. The van der Waals surface area contributed by atoms with Gasteiger partial charge in [0.25, 0.3) is 11.5 Å². The highest BCUT2D eigenvalue weighted by molar-refractivity contribution is 7.16. The molecular formula is C18H19N5O2S. The molecule has 1 N–H and O–H groups in total. The number of hydrogen-bond donors (Lipinski definition) is 1. The zero-order valence-electron chi connectivity index (χ0n) is 14.2. The second-order valence-electron chi connectivity index (χ2n) is 7.17. The van der Waals surface area contributed by atoms with Gasteiger partial charge in [-0.25, -0.2) is 9.67 Å². The van der Waals surface area contributed by atoms with Gasteiger partial charge in [0.1, 0.15) is 4.83 Å². The Morgan fingerprint density at radius 2 is 1.96 bits per heavy atom. The van der Waals surface area contributed by atoms with Crippen molar-refractivity contribution >= 4 is 27.5 Å². The molecule has 1 saturated carbocycles. The Hall–Kier alpha value is -2.48. The number of amides is 1. The summed E-state index contributed by atoms with van der Waals surface area (Å²) in [5.74, 6) is 2.04. The average molecular weight is 369 g/mol. The molecule has 134 valence electrons. The lowest BCUT2D eigenvalue weighted by Crippen LogP contribution is -2.38. The Bertz CT molecular complexity index is 1020. The highest BCUT2D eigenvalue weighted by Gasteiger charge is 2.34. The van der Waals surface area contributed by atoms with Crippen LogP contribution in [0.2, 0.25) is 0 Å². The van der Waals surface area contributed by atoms with E-state index in [1.807, 2.05) is 10.3 Å². The van der Waals surface area contributed by atoms with Gasteiger partial charge >= 0.3 is 0 Å². The fourth-order valence-electron chi connectivity index (χ4n) is 3.84. The molecule has 8 heteroatoms. The standard InChI is InChI=1S/C18H19N5O2S/c24-15-14-5-8-26-16(14)21-18(20-15)23-10-13(9-19-23)17(25)22-6-3-12(4-7-22)11-1-2-11/h5,8-12H,1-4,6-7H2,(H,20,21,24). The van der Waals surface area contributed by atoms with Crippen molar-refractivity contribution in [2.24, 2.45) is 11.8 Å². The van der Waals surface area contributed by atoms with E-state index in [4.69, 9.17) is 0 Å². The predicted octanol–water partition coefficient (Wildman–Crippen LogP) is 2.43. The van der Waals surface area contributed by atoms with E-state index >= 15 is 0 Å². The third-order valence-corrected chi connectivity index (χ3v) is 6.29. The molecule has 0 aromatic carbocycles. The molecule has 26 heavy (non-hydrogen) atoms. The van der Waals surface area contributed by atoms with E-state index in [0.717, 1.165) is 37.8 Å². The molecule has 1 aliphatic heterocycles. The van der Waals surface area contributed by atoms with Crippen LogP contribution in [0, 0.1) is 11.8 Å². The Labute approximate surface area is 153 Å². The van der Waals surface area contributed by atoms with E-state index in [0.29, 0.717) is 21.7 Å². The molecule has 0 radical (unpaired) electrons. The molecule has 3 aromatic rings. The normalized spacial score (nSPS) is 18.5. The van der Waals surface area contributed by atoms with Gasteiger partial charge in [-0.05, 0) is 49.0 Å². The lowest BCUT2D eigenvalue weighted by Gasteiger charge is -2.31. The van der Waals surface area contributed by atoms with Gasteiger partial charge in [-0.15, -0.1) is 11.3 Å². The van der Waals surface area contributed by atoms with Gasteiger partial charge in [-0.1, -0.05) is 0 Å². The molecular weight excluding hydrogens is 350 g/mol. The summed E-state index contributed by atoms with van der Waals surface area (Å²) in [6, 6.07) is 1.75. The Morgan fingerprint density at radius 3 is 2.73 bits per heavy atom. The monoisotopic (exact) mass is 369 g/mol. The van der Waals surface area contributed by atoms with Gasteiger partial charge in [0, 0.05) is 19.3 Å². The van der Waals surface area contributed by atoms with Crippen LogP contribution in [0.4, 0.5) is 0 Å². The van der Waals surface area contributed by atoms with Crippen molar-refractivity contribution in [1.29, 1.82) is 0 Å². The van der Waals surface area contributed by atoms with Gasteiger partial charge in [0.2, 0.25) is 5.95 Å². The SMILES string of the molecule is O=C(c1cnn(-c2nc3sccc3c(=O)[nH]2)c1)N1CCC(C2CC2)CC1. The van der Waals surface area contributed by atoms with E-state index < -0.39 is 0 Å². The highest BCUT2D eigenvalue weighted by Crippen LogP contribution is 2.41. The summed E-state index contributed by atoms with van der Waals surface area (Å²) in [6.45, 7) is 1.64. The number of nitrogens with one attached hydrogen (secondary N) is 1. The zero-order valence-corrected chi connectivity index (χ0v) is 15.0. The number of H-pyrrole nitrogens is 1. The van der Waals surface area contributed by atoms with Gasteiger partial charge in [0.15, 0.2) is 0 Å².